The zero-order valence-electron chi connectivity index (χ0n) is 11.8. The van der Waals surface area contributed by atoms with Crippen LogP contribution in [0.5, 0.6) is 0 Å². The molecule has 0 spiro atoms. The number of carbonyl (C=O) groups is 1. The molecule has 2 N–H and O–H groups in total. The third kappa shape index (κ3) is 4.97. The van der Waals surface area contributed by atoms with E-state index in [2.05, 4.69) is 20.3 Å². The van der Waals surface area contributed by atoms with Gasteiger partial charge < -0.3 is 10.1 Å². The van der Waals surface area contributed by atoms with Crippen LogP contribution < -0.4 is 5.32 Å². The van der Waals surface area contributed by atoms with Crippen LogP contribution in [0.2, 0.25) is 5.02 Å². The first-order valence-electron chi connectivity index (χ1n) is 6.59. The van der Waals surface area contributed by atoms with E-state index in [1.807, 2.05) is 0 Å². The number of hydrogen-bond acceptors (Lipinski definition) is 3. The van der Waals surface area contributed by atoms with E-state index in [1.54, 1.807) is 24.3 Å². The molecular formula is C14H13ClF3N3O2. The average Bonchev–Trinajstić information content (AvgIpc) is 2.95. The van der Waals surface area contributed by atoms with Gasteiger partial charge in [0.05, 0.1) is 24.1 Å². The SMILES string of the molecule is O=C(NCCOCC(F)(F)F)c1cn[nH]c1-c1ccccc1Cl. The molecular weight excluding hydrogens is 335 g/mol. The molecule has 0 unspecified atom stereocenters. The maximum Gasteiger partial charge on any atom is 0.411 e. The molecule has 2 rings (SSSR count). The molecule has 0 saturated carbocycles. The maximum atomic E-state index is 12.1. The Hall–Kier alpha value is -2.06. The van der Waals surface area contributed by atoms with Crippen LogP contribution in [-0.2, 0) is 4.74 Å². The summed E-state index contributed by atoms with van der Waals surface area (Å²) in [7, 11) is 0. The monoisotopic (exact) mass is 347 g/mol. The fraction of sp³-hybridized carbons (Fsp3) is 0.286. The molecule has 0 aliphatic carbocycles. The fourth-order valence-corrected chi connectivity index (χ4v) is 2.08. The fourth-order valence-electron chi connectivity index (χ4n) is 1.85. The standard InChI is InChI=1S/C14H13ClF3N3O2/c15-11-4-2-1-3-9(11)12-10(7-20-21-12)13(22)19-5-6-23-8-14(16,17)18/h1-4,7H,5-6,8H2,(H,19,22)(H,20,21). The van der Waals surface area contributed by atoms with E-state index >= 15 is 0 Å². The zero-order valence-corrected chi connectivity index (χ0v) is 12.5. The lowest BCUT2D eigenvalue weighted by Gasteiger charge is -2.09. The van der Waals surface area contributed by atoms with Gasteiger partial charge in [-0.3, -0.25) is 9.89 Å². The van der Waals surface area contributed by atoms with Crippen molar-refractivity contribution >= 4 is 17.5 Å². The molecule has 0 saturated heterocycles. The number of ether oxygens (including phenoxy) is 1. The number of H-pyrrole nitrogens is 1. The summed E-state index contributed by atoms with van der Waals surface area (Å²) in [6.07, 6.45) is -3.06. The van der Waals surface area contributed by atoms with Gasteiger partial charge in [0.15, 0.2) is 0 Å². The summed E-state index contributed by atoms with van der Waals surface area (Å²) in [4.78, 5) is 12.1. The number of nitrogens with zero attached hydrogens (tertiary/aromatic N) is 1. The summed E-state index contributed by atoms with van der Waals surface area (Å²) in [5, 5.41) is 9.41. The van der Waals surface area contributed by atoms with Crippen LogP contribution in [0.3, 0.4) is 0 Å². The molecule has 23 heavy (non-hydrogen) atoms. The lowest BCUT2D eigenvalue weighted by atomic mass is 10.1. The summed E-state index contributed by atoms with van der Waals surface area (Å²) < 4.78 is 40.1. The van der Waals surface area contributed by atoms with Crippen molar-refractivity contribution in [1.82, 2.24) is 15.5 Å². The molecule has 0 atom stereocenters. The van der Waals surface area contributed by atoms with Crippen LogP contribution in [0.1, 0.15) is 10.4 Å². The Kier molecular flexibility index (Phi) is 5.62. The number of benzene rings is 1. The summed E-state index contributed by atoms with van der Waals surface area (Å²) in [6, 6.07) is 6.90. The summed E-state index contributed by atoms with van der Waals surface area (Å²) in [5.74, 6) is -0.482. The van der Waals surface area contributed by atoms with Crippen LogP contribution in [0.4, 0.5) is 13.2 Å². The number of amides is 1. The normalized spacial score (nSPS) is 11.5. The Labute approximate surface area is 134 Å². The van der Waals surface area contributed by atoms with E-state index in [4.69, 9.17) is 11.6 Å². The smallest absolute Gasteiger partial charge is 0.370 e. The van der Waals surface area contributed by atoms with E-state index in [1.165, 1.54) is 6.20 Å². The van der Waals surface area contributed by atoms with Crippen molar-refractivity contribution in [3.8, 4) is 11.3 Å². The van der Waals surface area contributed by atoms with E-state index in [0.29, 0.717) is 16.3 Å². The van der Waals surface area contributed by atoms with Gasteiger partial charge in [-0.1, -0.05) is 29.8 Å². The molecule has 1 amide bonds. The highest BCUT2D eigenvalue weighted by Crippen LogP contribution is 2.28. The van der Waals surface area contributed by atoms with Crippen molar-refractivity contribution in [1.29, 1.82) is 0 Å². The third-order valence-electron chi connectivity index (χ3n) is 2.82. The first-order valence-corrected chi connectivity index (χ1v) is 6.97. The number of alkyl halides is 3. The molecule has 124 valence electrons. The molecule has 0 aliphatic heterocycles. The Morgan fingerprint density at radius 1 is 1.35 bits per heavy atom. The Balaban J connectivity index is 1.94. The van der Waals surface area contributed by atoms with Crippen LogP contribution in [0.25, 0.3) is 11.3 Å². The maximum absolute atomic E-state index is 12.1. The second-order valence-corrected chi connectivity index (χ2v) is 4.97. The largest absolute Gasteiger partial charge is 0.411 e. The van der Waals surface area contributed by atoms with E-state index in [-0.39, 0.29) is 18.7 Å². The highest BCUT2D eigenvalue weighted by Gasteiger charge is 2.27. The second-order valence-electron chi connectivity index (χ2n) is 4.56. The predicted molar refractivity (Wildman–Crippen MR) is 78.2 cm³/mol. The summed E-state index contributed by atoms with van der Waals surface area (Å²) in [5.41, 5.74) is 1.28. The molecule has 0 aliphatic rings. The van der Waals surface area contributed by atoms with Gasteiger partial charge in [0.2, 0.25) is 0 Å². The second kappa shape index (κ2) is 7.47. The molecule has 9 heteroatoms. The molecule has 1 aromatic heterocycles. The number of aromatic nitrogens is 2. The van der Waals surface area contributed by atoms with Gasteiger partial charge in [-0.15, -0.1) is 0 Å². The molecule has 5 nitrogen and oxygen atoms in total. The van der Waals surface area contributed by atoms with Gasteiger partial charge in [-0.25, -0.2) is 0 Å². The van der Waals surface area contributed by atoms with Crippen molar-refractivity contribution < 1.29 is 22.7 Å². The quantitative estimate of drug-likeness (QED) is 0.789. The average molecular weight is 348 g/mol. The Morgan fingerprint density at radius 3 is 2.78 bits per heavy atom. The molecule has 0 bridgehead atoms. The minimum atomic E-state index is -4.38. The topological polar surface area (TPSA) is 67.0 Å². The third-order valence-corrected chi connectivity index (χ3v) is 3.15. The van der Waals surface area contributed by atoms with Gasteiger partial charge in [0.1, 0.15) is 6.61 Å². The van der Waals surface area contributed by atoms with Gasteiger partial charge >= 0.3 is 6.18 Å². The lowest BCUT2D eigenvalue weighted by molar-refractivity contribution is -0.173. The Bertz CT molecular complexity index is 673. The van der Waals surface area contributed by atoms with Crippen molar-refractivity contribution in [2.24, 2.45) is 0 Å². The highest BCUT2D eigenvalue weighted by molar-refractivity contribution is 6.33. The van der Waals surface area contributed by atoms with Crippen LogP contribution in [0.15, 0.2) is 30.5 Å². The van der Waals surface area contributed by atoms with Gasteiger partial charge in [-0.2, -0.15) is 18.3 Å². The van der Waals surface area contributed by atoms with Crippen LogP contribution in [0, 0.1) is 0 Å². The van der Waals surface area contributed by atoms with Crippen molar-refractivity contribution in [3.05, 3.63) is 41.0 Å². The lowest BCUT2D eigenvalue weighted by Crippen LogP contribution is -2.29. The number of nitrogens with one attached hydrogen (secondary N) is 2. The number of aromatic amines is 1. The van der Waals surface area contributed by atoms with Gasteiger partial charge in [-0.05, 0) is 6.07 Å². The van der Waals surface area contributed by atoms with Crippen LogP contribution in [-0.4, -0.2) is 42.0 Å². The van der Waals surface area contributed by atoms with Gasteiger partial charge in [0, 0.05) is 17.1 Å². The minimum Gasteiger partial charge on any atom is -0.370 e. The summed E-state index contributed by atoms with van der Waals surface area (Å²) >= 11 is 6.07. The predicted octanol–water partition coefficient (Wildman–Crippen LogP) is 3.04. The molecule has 0 fully saturated rings. The number of halogens is 4. The molecule has 1 heterocycles. The first-order chi connectivity index (χ1) is 10.9. The van der Waals surface area contributed by atoms with Crippen molar-refractivity contribution in [2.45, 2.75) is 6.18 Å². The van der Waals surface area contributed by atoms with Gasteiger partial charge in [0.25, 0.3) is 5.91 Å². The first kappa shape index (κ1) is 17.3. The van der Waals surface area contributed by atoms with Crippen molar-refractivity contribution in [3.63, 3.8) is 0 Å². The van der Waals surface area contributed by atoms with E-state index in [9.17, 15) is 18.0 Å². The van der Waals surface area contributed by atoms with Crippen molar-refractivity contribution in [2.75, 3.05) is 19.8 Å². The van der Waals surface area contributed by atoms with Crippen LogP contribution >= 0.6 is 11.6 Å². The highest BCUT2D eigenvalue weighted by atomic mass is 35.5. The number of carbonyl (C=O) groups excluding carboxylic acids is 1. The Morgan fingerprint density at radius 2 is 2.09 bits per heavy atom. The number of rotatable bonds is 6. The molecule has 1 aromatic carbocycles. The van der Waals surface area contributed by atoms with E-state index < -0.39 is 18.7 Å². The molecule has 0 radical (unpaired) electrons. The zero-order chi connectivity index (χ0) is 16.9. The van der Waals surface area contributed by atoms with E-state index in [0.717, 1.165) is 0 Å². The summed E-state index contributed by atoms with van der Waals surface area (Å²) in [6.45, 7) is -1.65. The number of hydrogen-bond donors (Lipinski definition) is 2. The minimum absolute atomic E-state index is 0.0535. The molecule has 2 aromatic rings.